The predicted octanol–water partition coefficient (Wildman–Crippen LogP) is 15.7. The van der Waals surface area contributed by atoms with Crippen molar-refractivity contribution < 1.29 is 4.42 Å². The molecule has 0 unspecified atom stereocenters. The van der Waals surface area contributed by atoms with Crippen LogP contribution in [0, 0.1) is 0 Å². The summed E-state index contributed by atoms with van der Waals surface area (Å²) >= 11 is 0. The smallest absolute Gasteiger partial charge is 0.160 e. The number of hydrogen-bond acceptors (Lipinski definition) is 4. The molecule has 0 fully saturated rings. The quantitative estimate of drug-likeness (QED) is 0.151. The summed E-state index contributed by atoms with van der Waals surface area (Å²) in [5.74, 6) is 0.685. The molecular formula is C59H37N3O. The molecule has 0 aliphatic heterocycles. The zero-order chi connectivity index (χ0) is 41.7. The maximum Gasteiger partial charge on any atom is 0.160 e. The maximum absolute atomic E-state index is 6.54. The summed E-state index contributed by atoms with van der Waals surface area (Å²) in [6.45, 7) is 0. The molecule has 3 heterocycles. The molecule has 294 valence electrons. The lowest BCUT2D eigenvalue weighted by molar-refractivity contribution is 0.673. The van der Waals surface area contributed by atoms with E-state index in [0.29, 0.717) is 5.82 Å². The lowest BCUT2D eigenvalue weighted by Crippen LogP contribution is -1.96. The SMILES string of the molecule is c1ccc(-c2ccc(-c3cc(-c4ccc(-c5ccc(-c6nc7ccccc7c7c6ccc6c8ccccc8oc67)cc5)cc4)nc(-c4ccc(-c5ccccc5)cc4)n3)cc2)cc1. The fraction of sp³-hybridized carbons (Fsp3) is 0. The highest BCUT2D eigenvalue weighted by Crippen LogP contribution is 2.41. The van der Waals surface area contributed by atoms with Gasteiger partial charge in [-0.25, -0.2) is 15.0 Å². The Bertz CT molecular complexity index is 3520. The molecule has 63 heavy (non-hydrogen) atoms. The van der Waals surface area contributed by atoms with Crippen LogP contribution in [0.4, 0.5) is 0 Å². The highest BCUT2D eigenvalue weighted by molar-refractivity contribution is 6.24. The molecule has 0 bridgehead atoms. The Labute approximate surface area is 364 Å². The van der Waals surface area contributed by atoms with Gasteiger partial charge in [-0.1, -0.05) is 200 Å². The summed E-state index contributed by atoms with van der Waals surface area (Å²) in [4.78, 5) is 15.5. The third kappa shape index (κ3) is 6.62. The molecule has 12 rings (SSSR count). The maximum atomic E-state index is 6.54. The molecule has 0 radical (unpaired) electrons. The number of aromatic nitrogens is 3. The van der Waals surface area contributed by atoms with Crippen molar-refractivity contribution in [2.24, 2.45) is 0 Å². The summed E-state index contributed by atoms with van der Waals surface area (Å²) < 4.78 is 6.54. The van der Waals surface area contributed by atoms with Crippen LogP contribution in [0.25, 0.3) is 122 Å². The fourth-order valence-electron chi connectivity index (χ4n) is 8.87. The Morgan fingerprint density at radius 3 is 1.29 bits per heavy atom. The van der Waals surface area contributed by atoms with Crippen LogP contribution in [-0.2, 0) is 0 Å². The van der Waals surface area contributed by atoms with E-state index in [-0.39, 0.29) is 0 Å². The Morgan fingerprint density at radius 2 is 0.714 bits per heavy atom. The molecule has 0 saturated heterocycles. The number of rotatable bonds is 7. The van der Waals surface area contributed by atoms with Crippen LogP contribution in [-0.4, -0.2) is 15.0 Å². The zero-order valence-electron chi connectivity index (χ0n) is 34.1. The number of fused-ring (bicyclic) bond motifs is 7. The van der Waals surface area contributed by atoms with Crippen LogP contribution < -0.4 is 0 Å². The van der Waals surface area contributed by atoms with Crippen molar-refractivity contribution in [1.29, 1.82) is 0 Å². The average Bonchev–Trinajstić information content (AvgIpc) is 3.76. The van der Waals surface area contributed by atoms with Gasteiger partial charge in [0.2, 0.25) is 0 Å². The highest BCUT2D eigenvalue weighted by atomic mass is 16.3. The highest BCUT2D eigenvalue weighted by Gasteiger charge is 2.18. The van der Waals surface area contributed by atoms with Gasteiger partial charge in [0.25, 0.3) is 0 Å². The second kappa shape index (κ2) is 15.2. The van der Waals surface area contributed by atoms with E-state index in [4.69, 9.17) is 19.4 Å². The predicted molar refractivity (Wildman–Crippen MR) is 260 cm³/mol. The number of hydrogen-bond donors (Lipinski definition) is 0. The fourth-order valence-corrected chi connectivity index (χ4v) is 8.87. The summed E-state index contributed by atoms with van der Waals surface area (Å²) in [5.41, 5.74) is 16.4. The second-order valence-electron chi connectivity index (χ2n) is 15.9. The van der Waals surface area contributed by atoms with E-state index in [0.717, 1.165) is 99.6 Å². The first-order valence-corrected chi connectivity index (χ1v) is 21.2. The van der Waals surface area contributed by atoms with E-state index in [2.05, 4.69) is 194 Å². The van der Waals surface area contributed by atoms with Crippen molar-refractivity contribution in [3.63, 3.8) is 0 Å². The van der Waals surface area contributed by atoms with Crippen molar-refractivity contribution in [2.75, 3.05) is 0 Å². The van der Waals surface area contributed by atoms with Crippen molar-refractivity contribution in [3.8, 4) is 78.5 Å². The van der Waals surface area contributed by atoms with Crippen molar-refractivity contribution in [2.45, 2.75) is 0 Å². The van der Waals surface area contributed by atoms with Crippen molar-refractivity contribution in [1.82, 2.24) is 15.0 Å². The third-order valence-electron chi connectivity index (χ3n) is 12.1. The molecule has 3 aromatic heterocycles. The molecule has 0 aliphatic rings. The first-order chi connectivity index (χ1) is 31.2. The molecular weight excluding hydrogens is 767 g/mol. The minimum atomic E-state index is 0.685. The normalized spacial score (nSPS) is 11.5. The minimum Gasteiger partial charge on any atom is -0.455 e. The van der Waals surface area contributed by atoms with E-state index in [1.165, 1.54) is 16.7 Å². The van der Waals surface area contributed by atoms with Gasteiger partial charge in [0, 0.05) is 49.2 Å². The van der Waals surface area contributed by atoms with Crippen LogP contribution in [0.1, 0.15) is 0 Å². The molecule has 12 aromatic rings. The Balaban J connectivity index is 0.892. The van der Waals surface area contributed by atoms with Gasteiger partial charge >= 0.3 is 0 Å². The third-order valence-corrected chi connectivity index (χ3v) is 12.1. The van der Waals surface area contributed by atoms with Gasteiger partial charge in [0.15, 0.2) is 5.82 Å². The lowest BCUT2D eigenvalue weighted by Gasteiger charge is -2.12. The van der Waals surface area contributed by atoms with Gasteiger partial charge in [-0.3, -0.25) is 0 Å². The molecule has 4 heteroatoms. The number of para-hydroxylation sites is 2. The van der Waals surface area contributed by atoms with E-state index < -0.39 is 0 Å². The molecule has 0 aliphatic carbocycles. The largest absolute Gasteiger partial charge is 0.455 e. The van der Waals surface area contributed by atoms with E-state index in [9.17, 15) is 0 Å². The molecule has 0 atom stereocenters. The molecule has 9 aromatic carbocycles. The van der Waals surface area contributed by atoms with E-state index in [1.807, 2.05) is 30.3 Å². The minimum absolute atomic E-state index is 0.685. The van der Waals surface area contributed by atoms with Crippen molar-refractivity contribution >= 4 is 43.6 Å². The van der Waals surface area contributed by atoms with Gasteiger partial charge in [-0.05, 0) is 57.6 Å². The molecule has 0 saturated carbocycles. The van der Waals surface area contributed by atoms with Gasteiger partial charge in [-0.15, -0.1) is 0 Å². The summed E-state index contributed by atoms with van der Waals surface area (Å²) in [6.07, 6.45) is 0. The van der Waals surface area contributed by atoms with Gasteiger partial charge < -0.3 is 4.42 Å². The Kier molecular flexibility index (Phi) is 8.79. The van der Waals surface area contributed by atoms with Crippen molar-refractivity contribution in [3.05, 3.63) is 224 Å². The number of furan rings is 1. The molecule has 0 spiro atoms. The number of benzene rings is 9. The Hall–Kier alpha value is -8.47. The van der Waals surface area contributed by atoms with Crippen LogP contribution in [0.15, 0.2) is 229 Å². The number of nitrogens with zero attached hydrogens (tertiary/aromatic N) is 3. The topological polar surface area (TPSA) is 51.8 Å². The summed E-state index contributed by atoms with van der Waals surface area (Å²) in [7, 11) is 0. The molecule has 0 N–H and O–H groups in total. The lowest BCUT2D eigenvalue weighted by atomic mass is 9.96. The first-order valence-electron chi connectivity index (χ1n) is 21.2. The molecule has 4 nitrogen and oxygen atoms in total. The summed E-state index contributed by atoms with van der Waals surface area (Å²) in [5, 5.41) is 5.48. The van der Waals surface area contributed by atoms with Gasteiger partial charge in [0.1, 0.15) is 11.2 Å². The van der Waals surface area contributed by atoms with E-state index in [1.54, 1.807) is 0 Å². The molecule has 0 amide bonds. The summed E-state index contributed by atoms with van der Waals surface area (Å²) in [6, 6.07) is 78.5. The van der Waals surface area contributed by atoms with E-state index >= 15 is 0 Å². The zero-order valence-corrected chi connectivity index (χ0v) is 34.1. The van der Waals surface area contributed by atoms with Crippen LogP contribution in [0.5, 0.6) is 0 Å². The average molecular weight is 804 g/mol. The van der Waals surface area contributed by atoms with Crippen LogP contribution in [0.3, 0.4) is 0 Å². The van der Waals surface area contributed by atoms with Gasteiger partial charge in [0.05, 0.1) is 22.6 Å². The number of pyridine rings is 1. The van der Waals surface area contributed by atoms with Crippen LogP contribution in [0.2, 0.25) is 0 Å². The first kappa shape index (κ1) is 36.4. The standard InChI is InChI=1S/C59H37N3O/c1-3-11-38(12-4-1)40-19-27-44(28-20-40)53-37-54(62-59(61-53)47-33-25-41(26-34-47)39-13-5-2-6-14-39)45-29-21-42(22-30-45)43-23-31-46(32-24-43)57-51-36-35-49-48-15-8-10-18-55(48)63-58(49)56(51)50-16-7-9-17-52(50)60-57/h1-37H. The second-order valence-corrected chi connectivity index (χ2v) is 15.9. The Morgan fingerprint density at radius 1 is 0.286 bits per heavy atom. The van der Waals surface area contributed by atoms with Gasteiger partial charge in [-0.2, -0.15) is 0 Å². The van der Waals surface area contributed by atoms with Crippen LogP contribution >= 0.6 is 0 Å². The monoisotopic (exact) mass is 803 g/mol.